The van der Waals surface area contributed by atoms with Crippen molar-refractivity contribution in [2.45, 2.75) is 45.0 Å². The Kier molecular flexibility index (Phi) is 5.95. The number of fused-ring (bicyclic) bond motifs is 1. The Bertz CT molecular complexity index is 800. The normalized spacial score (nSPS) is 22.2. The lowest BCUT2D eigenvalue weighted by atomic mass is 10.0. The van der Waals surface area contributed by atoms with E-state index in [2.05, 4.69) is 23.1 Å². The number of aliphatic hydroxyl groups excluding tert-OH is 1. The first-order valence-electron chi connectivity index (χ1n) is 9.21. The van der Waals surface area contributed by atoms with Crippen LogP contribution in [0.25, 0.3) is 0 Å². The molecule has 3 atom stereocenters. The summed E-state index contributed by atoms with van der Waals surface area (Å²) >= 11 is 4.62. The van der Waals surface area contributed by atoms with Gasteiger partial charge < -0.3 is 14.9 Å². The van der Waals surface area contributed by atoms with E-state index >= 15 is 0 Å². The highest BCUT2D eigenvalue weighted by atomic mass is 32.1. The highest BCUT2D eigenvalue weighted by Gasteiger charge is 2.45. The van der Waals surface area contributed by atoms with Crippen LogP contribution in [0.15, 0.2) is 24.3 Å². The van der Waals surface area contributed by atoms with Gasteiger partial charge in [0.15, 0.2) is 0 Å². The van der Waals surface area contributed by atoms with E-state index in [0.29, 0.717) is 12.1 Å². The molecule has 1 aromatic carbocycles. The van der Waals surface area contributed by atoms with E-state index in [4.69, 9.17) is 0 Å². The van der Waals surface area contributed by atoms with E-state index in [9.17, 15) is 19.5 Å². The molecular weight excluding hydrogens is 380 g/mol. The molecule has 1 aromatic rings. The van der Waals surface area contributed by atoms with Crippen molar-refractivity contribution < 1.29 is 19.5 Å². The van der Waals surface area contributed by atoms with Gasteiger partial charge in [-0.25, -0.2) is 0 Å². The molecule has 0 aromatic heterocycles. The molecule has 9 heteroatoms. The van der Waals surface area contributed by atoms with Gasteiger partial charge in [0, 0.05) is 25.1 Å². The largest absolute Gasteiger partial charge is 0.391 e. The SMILES string of the molecule is CC(C)[C@@H](C(=O)N1C[C@H](O)C[C@H]1C(=O)NNC=S)N1Cc2ccccc2C1=O. The van der Waals surface area contributed by atoms with Gasteiger partial charge in [-0.3, -0.25) is 25.2 Å². The Balaban J connectivity index is 1.84. The number of likely N-dealkylation sites (tertiary alicyclic amines) is 1. The Morgan fingerprint density at radius 3 is 2.68 bits per heavy atom. The maximum absolute atomic E-state index is 13.4. The van der Waals surface area contributed by atoms with Gasteiger partial charge in [0.05, 0.1) is 11.6 Å². The van der Waals surface area contributed by atoms with Gasteiger partial charge in [0.25, 0.3) is 11.8 Å². The number of hydrogen-bond donors (Lipinski definition) is 3. The Morgan fingerprint density at radius 2 is 2.04 bits per heavy atom. The standard InChI is InChI=1S/C19H24N4O4S/c1-11(2)16(23-8-12-5-3-4-6-14(12)18(23)26)19(27)22-9-13(24)7-15(22)17(25)21-20-10-28/h3-6,10-11,13,15-16,24H,7-9H2,1-2H3,(H,20,28)(H,21,25)/t13-,15+,16+/m1/s1. The zero-order chi connectivity index (χ0) is 20.4. The topological polar surface area (TPSA) is 102 Å². The van der Waals surface area contributed by atoms with Crippen molar-refractivity contribution in [3.8, 4) is 0 Å². The number of aliphatic hydroxyl groups is 1. The molecule has 3 N–H and O–H groups in total. The maximum atomic E-state index is 13.4. The van der Waals surface area contributed by atoms with Crippen LogP contribution in [0.4, 0.5) is 0 Å². The molecule has 0 unspecified atom stereocenters. The van der Waals surface area contributed by atoms with Gasteiger partial charge in [-0.2, -0.15) is 0 Å². The number of β-amino-alcohol motifs (C(OH)–C–C–N with tert-alkyl or cyclic N) is 1. The predicted molar refractivity (Wildman–Crippen MR) is 106 cm³/mol. The Labute approximate surface area is 168 Å². The van der Waals surface area contributed by atoms with E-state index < -0.39 is 24.1 Å². The molecule has 1 saturated heterocycles. The number of hydrogen-bond acceptors (Lipinski definition) is 5. The smallest absolute Gasteiger partial charge is 0.261 e. The van der Waals surface area contributed by atoms with Gasteiger partial charge in [0.1, 0.15) is 12.1 Å². The van der Waals surface area contributed by atoms with Gasteiger partial charge in [-0.15, -0.1) is 0 Å². The lowest BCUT2D eigenvalue weighted by Crippen LogP contribution is -2.56. The average Bonchev–Trinajstić information content (AvgIpc) is 3.21. The number of nitrogens with zero attached hydrogens (tertiary/aromatic N) is 2. The fourth-order valence-corrected chi connectivity index (χ4v) is 4.00. The van der Waals surface area contributed by atoms with Crippen molar-refractivity contribution in [2.24, 2.45) is 5.92 Å². The first kappa shape index (κ1) is 20.2. The lowest BCUT2D eigenvalue weighted by molar-refractivity contribution is -0.143. The number of thiocarbonyl (C=S) groups is 1. The third-order valence-electron chi connectivity index (χ3n) is 5.19. The summed E-state index contributed by atoms with van der Waals surface area (Å²) in [7, 11) is 0. The van der Waals surface area contributed by atoms with Crippen LogP contribution in [0.3, 0.4) is 0 Å². The molecule has 28 heavy (non-hydrogen) atoms. The Hall–Kier alpha value is -2.52. The third kappa shape index (κ3) is 3.72. The number of hydrazine groups is 1. The van der Waals surface area contributed by atoms with Crippen LogP contribution in [0.1, 0.15) is 36.2 Å². The van der Waals surface area contributed by atoms with Crippen LogP contribution < -0.4 is 10.9 Å². The second-order valence-corrected chi connectivity index (χ2v) is 7.66. The average molecular weight is 404 g/mol. The van der Waals surface area contributed by atoms with Crippen LogP contribution >= 0.6 is 12.2 Å². The van der Waals surface area contributed by atoms with Crippen molar-refractivity contribution >= 4 is 35.4 Å². The van der Waals surface area contributed by atoms with E-state index in [1.165, 1.54) is 4.90 Å². The molecule has 0 bridgehead atoms. The van der Waals surface area contributed by atoms with Crippen molar-refractivity contribution in [1.29, 1.82) is 0 Å². The molecule has 2 aliphatic rings. The summed E-state index contributed by atoms with van der Waals surface area (Å²) < 4.78 is 0. The van der Waals surface area contributed by atoms with Crippen LogP contribution in [-0.4, -0.2) is 62.9 Å². The summed E-state index contributed by atoms with van der Waals surface area (Å²) in [5, 5.41) is 10.1. The second kappa shape index (κ2) is 8.24. The second-order valence-electron chi connectivity index (χ2n) is 7.43. The summed E-state index contributed by atoms with van der Waals surface area (Å²) in [6, 6.07) is 5.74. The molecular formula is C19H24N4O4S. The summed E-state index contributed by atoms with van der Waals surface area (Å²) in [4.78, 5) is 41.6. The molecule has 0 radical (unpaired) electrons. The molecule has 0 aliphatic carbocycles. The molecule has 2 heterocycles. The third-order valence-corrected chi connectivity index (χ3v) is 5.31. The monoisotopic (exact) mass is 404 g/mol. The van der Waals surface area contributed by atoms with Crippen molar-refractivity contribution in [3.05, 3.63) is 35.4 Å². The minimum atomic E-state index is -0.828. The van der Waals surface area contributed by atoms with Gasteiger partial charge in [0.2, 0.25) is 5.91 Å². The molecule has 0 saturated carbocycles. The number of rotatable bonds is 6. The first-order valence-corrected chi connectivity index (χ1v) is 9.68. The van der Waals surface area contributed by atoms with Crippen LogP contribution in [0, 0.1) is 5.92 Å². The molecule has 150 valence electrons. The van der Waals surface area contributed by atoms with E-state index in [1.54, 1.807) is 17.0 Å². The predicted octanol–water partition coefficient (Wildman–Crippen LogP) is 0.207. The number of amides is 3. The van der Waals surface area contributed by atoms with Crippen LogP contribution in [0.2, 0.25) is 0 Å². The molecule has 8 nitrogen and oxygen atoms in total. The van der Waals surface area contributed by atoms with E-state index in [1.807, 2.05) is 26.0 Å². The minimum absolute atomic E-state index is 0.0483. The number of benzene rings is 1. The number of nitrogens with one attached hydrogen (secondary N) is 2. The number of carbonyl (C=O) groups excluding carboxylic acids is 3. The van der Waals surface area contributed by atoms with Crippen molar-refractivity contribution in [2.75, 3.05) is 6.54 Å². The van der Waals surface area contributed by atoms with Crippen LogP contribution in [0.5, 0.6) is 0 Å². The minimum Gasteiger partial charge on any atom is -0.391 e. The lowest BCUT2D eigenvalue weighted by Gasteiger charge is -2.35. The summed E-state index contributed by atoms with van der Waals surface area (Å²) in [6.07, 6.45) is -0.665. The van der Waals surface area contributed by atoms with Crippen molar-refractivity contribution in [3.63, 3.8) is 0 Å². The van der Waals surface area contributed by atoms with Gasteiger partial charge >= 0.3 is 0 Å². The van der Waals surface area contributed by atoms with Gasteiger partial charge in [-0.05, 0) is 17.5 Å². The number of carbonyl (C=O) groups is 3. The molecule has 3 rings (SSSR count). The van der Waals surface area contributed by atoms with Crippen LogP contribution in [-0.2, 0) is 16.1 Å². The quantitative estimate of drug-likeness (QED) is 0.463. The summed E-state index contributed by atoms with van der Waals surface area (Å²) in [5.41, 5.74) is 7.46. The zero-order valence-corrected chi connectivity index (χ0v) is 16.6. The summed E-state index contributed by atoms with van der Waals surface area (Å²) in [5.74, 6) is -1.14. The summed E-state index contributed by atoms with van der Waals surface area (Å²) in [6.45, 7) is 4.14. The maximum Gasteiger partial charge on any atom is 0.261 e. The molecule has 2 aliphatic heterocycles. The molecule has 0 spiro atoms. The fourth-order valence-electron chi connectivity index (χ4n) is 3.94. The highest BCUT2D eigenvalue weighted by molar-refractivity contribution is 7.78. The Morgan fingerprint density at radius 1 is 1.32 bits per heavy atom. The molecule has 3 amide bonds. The molecule has 1 fully saturated rings. The highest BCUT2D eigenvalue weighted by Crippen LogP contribution is 2.29. The van der Waals surface area contributed by atoms with E-state index in [-0.39, 0.29) is 30.7 Å². The van der Waals surface area contributed by atoms with E-state index in [0.717, 1.165) is 11.1 Å². The first-order chi connectivity index (χ1) is 13.3. The van der Waals surface area contributed by atoms with Crippen molar-refractivity contribution in [1.82, 2.24) is 20.7 Å². The zero-order valence-electron chi connectivity index (χ0n) is 15.8. The van der Waals surface area contributed by atoms with Gasteiger partial charge in [-0.1, -0.05) is 44.3 Å². The fraction of sp³-hybridized carbons (Fsp3) is 0.474.